The highest BCUT2D eigenvalue weighted by Gasteiger charge is 2.19. The Morgan fingerprint density at radius 2 is 1.94 bits per heavy atom. The Morgan fingerprint density at radius 1 is 1.10 bits per heavy atom. The zero-order valence-corrected chi connectivity index (χ0v) is 16.9. The van der Waals surface area contributed by atoms with Crippen LogP contribution < -0.4 is 5.32 Å². The first-order chi connectivity index (χ1) is 15.3. The minimum atomic E-state index is -0.271. The van der Waals surface area contributed by atoms with E-state index in [1.165, 1.54) is 23.7 Å². The molecule has 0 spiro atoms. The largest absolute Gasteiger partial charge is 0.447 e. The van der Waals surface area contributed by atoms with Crippen LogP contribution in [-0.4, -0.2) is 37.1 Å². The van der Waals surface area contributed by atoms with Crippen LogP contribution in [0, 0.1) is 0 Å². The van der Waals surface area contributed by atoms with E-state index in [0.29, 0.717) is 19.0 Å². The van der Waals surface area contributed by atoms with E-state index in [1.807, 2.05) is 24.3 Å². The molecule has 0 atom stereocenters. The number of benzene rings is 2. The normalized spacial score (nSPS) is 13.7. The summed E-state index contributed by atoms with van der Waals surface area (Å²) in [6.07, 6.45) is 5.54. The van der Waals surface area contributed by atoms with Crippen molar-refractivity contribution in [3.63, 3.8) is 0 Å². The van der Waals surface area contributed by atoms with Gasteiger partial charge in [0.15, 0.2) is 5.69 Å². The highest BCUT2D eigenvalue weighted by Crippen LogP contribution is 2.20. The molecule has 0 fully saturated rings. The van der Waals surface area contributed by atoms with Crippen molar-refractivity contribution in [3.05, 3.63) is 95.7 Å². The van der Waals surface area contributed by atoms with E-state index in [-0.39, 0.29) is 11.6 Å². The quantitative estimate of drug-likeness (QED) is 0.522. The van der Waals surface area contributed by atoms with Crippen molar-refractivity contribution in [2.24, 2.45) is 0 Å². The van der Waals surface area contributed by atoms with Crippen molar-refractivity contribution in [2.45, 2.75) is 26.1 Å². The third kappa shape index (κ3) is 4.24. The first-order valence-corrected chi connectivity index (χ1v) is 10.2. The van der Waals surface area contributed by atoms with Gasteiger partial charge < -0.3 is 9.73 Å². The smallest absolute Gasteiger partial charge is 0.273 e. The van der Waals surface area contributed by atoms with Crippen LogP contribution in [0.15, 0.2) is 71.9 Å². The number of nitrogens with one attached hydrogen (secondary N) is 1. The van der Waals surface area contributed by atoms with E-state index in [0.717, 1.165) is 30.8 Å². The molecular weight excluding hydrogens is 392 g/mol. The first kappa shape index (κ1) is 19.2. The first-order valence-electron chi connectivity index (χ1n) is 10.2. The van der Waals surface area contributed by atoms with Gasteiger partial charge in [-0.05, 0) is 29.2 Å². The third-order valence-corrected chi connectivity index (χ3v) is 5.45. The van der Waals surface area contributed by atoms with Gasteiger partial charge >= 0.3 is 0 Å². The summed E-state index contributed by atoms with van der Waals surface area (Å²) in [7, 11) is 0. The number of para-hydroxylation sites is 1. The van der Waals surface area contributed by atoms with Crippen LogP contribution in [0.2, 0.25) is 0 Å². The molecule has 0 unspecified atom stereocenters. The molecule has 1 N–H and O–H groups in total. The molecule has 0 saturated carbocycles. The van der Waals surface area contributed by atoms with Gasteiger partial charge in [-0.3, -0.25) is 9.69 Å². The van der Waals surface area contributed by atoms with Crippen LogP contribution in [0.3, 0.4) is 0 Å². The van der Waals surface area contributed by atoms with Crippen molar-refractivity contribution in [2.75, 3.05) is 6.54 Å². The number of hydrogen-bond donors (Lipinski definition) is 1. The fourth-order valence-corrected chi connectivity index (χ4v) is 3.85. The SMILES string of the molecule is O=C(NCc1ccccc1-n1cncn1)c1coc(CN2CCc3ccccc3C2)n1. The van der Waals surface area contributed by atoms with E-state index < -0.39 is 0 Å². The molecule has 0 bridgehead atoms. The zero-order valence-electron chi connectivity index (χ0n) is 16.9. The van der Waals surface area contributed by atoms with Gasteiger partial charge in [-0.2, -0.15) is 5.10 Å². The Hall–Kier alpha value is -3.78. The van der Waals surface area contributed by atoms with Gasteiger partial charge in [-0.15, -0.1) is 0 Å². The molecule has 2 aromatic carbocycles. The van der Waals surface area contributed by atoms with Crippen molar-refractivity contribution in [1.29, 1.82) is 0 Å². The Bertz CT molecular complexity index is 1180. The number of fused-ring (bicyclic) bond motifs is 1. The van der Waals surface area contributed by atoms with Gasteiger partial charge in [-0.1, -0.05) is 42.5 Å². The Balaban J connectivity index is 1.21. The second-order valence-electron chi connectivity index (χ2n) is 7.51. The Labute approximate surface area is 179 Å². The fraction of sp³-hybridized carbons (Fsp3) is 0.217. The number of carbonyl (C=O) groups excluding carboxylic acids is 1. The van der Waals surface area contributed by atoms with E-state index in [9.17, 15) is 4.79 Å². The molecule has 3 heterocycles. The molecule has 1 amide bonds. The van der Waals surface area contributed by atoms with E-state index in [1.54, 1.807) is 11.0 Å². The maximum atomic E-state index is 12.6. The molecule has 0 aliphatic carbocycles. The van der Waals surface area contributed by atoms with Crippen LogP contribution in [0.25, 0.3) is 5.69 Å². The maximum Gasteiger partial charge on any atom is 0.273 e. The van der Waals surface area contributed by atoms with Gasteiger partial charge in [0.05, 0.1) is 12.2 Å². The summed E-state index contributed by atoms with van der Waals surface area (Å²) in [5.41, 5.74) is 4.82. The summed E-state index contributed by atoms with van der Waals surface area (Å²) in [4.78, 5) is 23.3. The number of amides is 1. The molecule has 1 aliphatic rings. The summed E-state index contributed by atoms with van der Waals surface area (Å²) in [5, 5.41) is 7.08. The predicted molar refractivity (Wildman–Crippen MR) is 113 cm³/mol. The Morgan fingerprint density at radius 3 is 2.81 bits per heavy atom. The van der Waals surface area contributed by atoms with Crippen LogP contribution in [0.5, 0.6) is 0 Å². The van der Waals surface area contributed by atoms with Crippen molar-refractivity contribution in [1.82, 2.24) is 30.0 Å². The molecule has 4 aromatic rings. The van der Waals surface area contributed by atoms with Gasteiger partial charge in [-0.25, -0.2) is 14.6 Å². The highest BCUT2D eigenvalue weighted by molar-refractivity contribution is 5.91. The van der Waals surface area contributed by atoms with Crippen LogP contribution in [0.1, 0.15) is 33.1 Å². The minimum Gasteiger partial charge on any atom is -0.447 e. The van der Waals surface area contributed by atoms with Crippen molar-refractivity contribution in [3.8, 4) is 5.69 Å². The minimum absolute atomic E-state index is 0.271. The molecule has 1 aliphatic heterocycles. The van der Waals surface area contributed by atoms with Crippen molar-refractivity contribution < 1.29 is 9.21 Å². The lowest BCUT2D eigenvalue weighted by Crippen LogP contribution is -2.30. The lowest BCUT2D eigenvalue weighted by molar-refractivity contribution is 0.0945. The lowest BCUT2D eigenvalue weighted by atomic mass is 10.00. The average Bonchev–Trinajstić information content (AvgIpc) is 3.50. The van der Waals surface area contributed by atoms with Crippen LogP contribution in [-0.2, 0) is 26.1 Å². The standard InChI is InChI=1S/C23H22N6O2/c30-23(25-11-18-6-3-4-8-21(18)29-16-24-15-26-29)20-14-31-22(27-20)13-28-10-9-17-5-1-2-7-19(17)12-28/h1-8,14-16H,9-13H2,(H,25,30). The van der Waals surface area contributed by atoms with Gasteiger partial charge in [0.25, 0.3) is 5.91 Å². The molecule has 0 saturated heterocycles. The molecule has 8 nitrogen and oxygen atoms in total. The average molecular weight is 414 g/mol. The third-order valence-electron chi connectivity index (χ3n) is 5.45. The monoisotopic (exact) mass is 414 g/mol. The summed E-state index contributed by atoms with van der Waals surface area (Å²) in [5.74, 6) is 0.278. The summed E-state index contributed by atoms with van der Waals surface area (Å²) in [6.45, 7) is 2.73. The molecule has 5 rings (SSSR count). The fourth-order valence-electron chi connectivity index (χ4n) is 3.85. The van der Waals surface area contributed by atoms with Gasteiger partial charge in [0.2, 0.25) is 5.89 Å². The highest BCUT2D eigenvalue weighted by atomic mass is 16.3. The second-order valence-corrected chi connectivity index (χ2v) is 7.51. The number of nitrogens with zero attached hydrogens (tertiary/aromatic N) is 5. The molecule has 2 aromatic heterocycles. The number of carbonyl (C=O) groups is 1. The molecule has 31 heavy (non-hydrogen) atoms. The van der Waals surface area contributed by atoms with Crippen LogP contribution in [0.4, 0.5) is 0 Å². The topological polar surface area (TPSA) is 89.1 Å². The van der Waals surface area contributed by atoms with E-state index in [2.05, 4.69) is 49.5 Å². The number of rotatable bonds is 6. The zero-order chi connectivity index (χ0) is 21.0. The molecule has 8 heteroatoms. The van der Waals surface area contributed by atoms with Gasteiger partial charge in [0, 0.05) is 19.6 Å². The molecular formula is C23H22N6O2. The summed E-state index contributed by atoms with van der Waals surface area (Å²) < 4.78 is 7.25. The second kappa shape index (κ2) is 8.53. The molecule has 0 radical (unpaired) electrons. The van der Waals surface area contributed by atoms with E-state index >= 15 is 0 Å². The lowest BCUT2D eigenvalue weighted by Gasteiger charge is -2.27. The maximum absolute atomic E-state index is 12.6. The predicted octanol–water partition coefficient (Wildman–Crippen LogP) is 2.74. The number of aromatic nitrogens is 4. The number of hydrogen-bond acceptors (Lipinski definition) is 6. The Kier molecular flexibility index (Phi) is 5.28. The van der Waals surface area contributed by atoms with Gasteiger partial charge in [0.1, 0.15) is 18.9 Å². The van der Waals surface area contributed by atoms with E-state index in [4.69, 9.17) is 4.42 Å². The molecule has 156 valence electrons. The summed E-state index contributed by atoms with van der Waals surface area (Å²) in [6, 6.07) is 16.2. The number of oxazole rings is 1. The van der Waals surface area contributed by atoms with Crippen molar-refractivity contribution >= 4 is 5.91 Å². The van der Waals surface area contributed by atoms with Crippen LogP contribution >= 0.6 is 0 Å². The summed E-state index contributed by atoms with van der Waals surface area (Å²) >= 11 is 0.